The zero-order valence-corrected chi connectivity index (χ0v) is 21.6. The molecule has 0 aliphatic rings. The molecule has 0 bridgehead atoms. The van der Waals surface area contributed by atoms with Gasteiger partial charge in [-0.3, -0.25) is 0 Å². The van der Waals surface area contributed by atoms with Crippen LogP contribution in [0.1, 0.15) is 89.8 Å². The summed E-state index contributed by atoms with van der Waals surface area (Å²) in [6.45, 7) is 14.5. The van der Waals surface area contributed by atoms with Gasteiger partial charge in [-0.25, -0.2) is 0 Å². The summed E-state index contributed by atoms with van der Waals surface area (Å²) in [7, 11) is 1.50. The van der Waals surface area contributed by atoms with Crippen LogP contribution in [0.25, 0.3) is 0 Å². The number of phenolic OH excluding ortho intramolecular Hbond substituents is 2. The number of allylic oxidation sites excluding steroid dienone is 8. The smallest absolute Gasteiger partial charge is 0.167 e. The van der Waals surface area contributed by atoms with E-state index in [4.69, 9.17) is 4.74 Å². The maximum Gasteiger partial charge on any atom is 0.167 e. The highest BCUT2D eigenvalue weighted by atomic mass is 16.5. The molecule has 2 N–H and O–H groups in total. The molecule has 0 fully saturated rings. The lowest BCUT2D eigenvalue weighted by molar-refractivity contribution is 0.361. The second kappa shape index (κ2) is 13.9. The lowest BCUT2D eigenvalue weighted by atomic mass is 9.97. The van der Waals surface area contributed by atoms with Crippen molar-refractivity contribution < 1.29 is 14.9 Å². The van der Waals surface area contributed by atoms with Crippen LogP contribution in [0, 0.1) is 13.8 Å². The van der Waals surface area contributed by atoms with E-state index in [1.807, 2.05) is 6.92 Å². The molecule has 0 radical (unpaired) electrons. The molecule has 3 nitrogen and oxygen atoms in total. The Morgan fingerprint density at radius 3 is 1.62 bits per heavy atom. The first-order chi connectivity index (χ1) is 15.1. The summed E-state index contributed by atoms with van der Waals surface area (Å²) in [5.74, 6) is 0.674. The first kappa shape index (κ1) is 27.6. The fraction of sp³-hybridized carbons (Fsp3) is 0.517. The summed E-state index contributed by atoms with van der Waals surface area (Å²) in [5.41, 5.74) is 7.62. The number of aromatic hydroxyl groups is 2. The van der Waals surface area contributed by atoms with Gasteiger partial charge < -0.3 is 14.9 Å². The van der Waals surface area contributed by atoms with Crippen LogP contribution in [0.5, 0.6) is 17.2 Å². The van der Waals surface area contributed by atoms with E-state index < -0.39 is 0 Å². The second-order valence-corrected chi connectivity index (χ2v) is 9.21. The topological polar surface area (TPSA) is 49.7 Å². The quantitative estimate of drug-likeness (QED) is 0.253. The molecule has 0 saturated heterocycles. The van der Waals surface area contributed by atoms with Crippen molar-refractivity contribution in [1.29, 1.82) is 0 Å². The maximum absolute atomic E-state index is 10.5. The summed E-state index contributed by atoms with van der Waals surface area (Å²) in [6.07, 6.45) is 16.3. The van der Waals surface area contributed by atoms with Gasteiger partial charge in [0.25, 0.3) is 0 Å². The fourth-order valence-electron chi connectivity index (χ4n) is 3.77. The summed E-state index contributed by atoms with van der Waals surface area (Å²) in [6, 6.07) is 0. The predicted octanol–water partition coefficient (Wildman–Crippen LogP) is 8.41. The summed E-state index contributed by atoms with van der Waals surface area (Å²) < 4.78 is 5.22. The molecule has 0 aliphatic carbocycles. The standard InChI is InChI=1S/C29H44O3/c1-20(2)12-9-13-21(3)14-10-15-22(4)16-11-17-23(5)18-19-26-24(6)28(31)29(32-8)25(7)27(26)30/h12,14,16,18,30-31H,9-11,13,15,17,19H2,1-8H3/b21-14+,22-16+,23-18+. The van der Waals surface area contributed by atoms with E-state index in [9.17, 15) is 10.2 Å². The molecule has 1 aromatic carbocycles. The van der Waals surface area contributed by atoms with Gasteiger partial charge in [-0.05, 0) is 93.4 Å². The van der Waals surface area contributed by atoms with Crippen molar-refractivity contribution in [2.45, 2.75) is 93.4 Å². The molecule has 32 heavy (non-hydrogen) atoms. The molecule has 0 saturated carbocycles. The van der Waals surface area contributed by atoms with E-state index in [1.54, 1.807) is 6.92 Å². The number of hydrogen-bond acceptors (Lipinski definition) is 3. The molecule has 3 heteroatoms. The Morgan fingerprint density at radius 1 is 0.688 bits per heavy atom. The maximum atomic E-state index is 10.5. The van der Waals surface area contributed by atoms with Gasteiger partial charge in [0.15, 0.2) is 11.5 Å². The number of phenols is 2. The van der Waals surface area contributed by atoms with Crippen LogP contribution in [0.4, 0.5) is 0 Å². The predicted molar refractivity (Wildman–Crippen MR) is 138 cm³/mol. The van der Waals surface area contributed by atoms with Gasteiger partial charge in [-0.2, -0.15) is 0 Å². The molecule has 0 amide bonds. The Bertz CT molecular complexity index is 849. The van der Waals surface area contributed by atoms with Crippen molar-refractivity contribution in [3.05, 3.63) is 63.3 Å². The average Bonchev–Trinajstić information content (AvgIpc) is 2.72. The summed E-state index contributed by atoms with van der Waals surface area (Å²) in [4.78, 5) is 0. The van der Waals surface area contributed by atoms with Crippen molar-refractivity contribution in [3.63, 3.8) is 0 Å². The second-order valence-electron chi connectivity index (χ2n) is 9.21. The van der Waals surface area contributed by atoms with E-state index in [0.717, 1.165) is 44.1 Å². The van der Waals surface area contributed by atoms with E-state index >= 15 is 0 Å². The number of benzene rings is 1. The Kier molecular flexibility index (Phi) is 12.0. The third-order valence-corrected chi connectivity index (χ3v) is 6.02. The number of methoxy groups -OCH3 is 1. The van der Waals surface area contributed by atoms with Crippen molar-refractivity contribution >= 4 is 0 Å². The highest BCUT2D eigenvalue weighted by Gasteiger charge is 2.18. The zero-order valence-electron chi connectivity index (χ0n) is 21.6. The molecule has 0 heterocycles. The lowest BCUT2D eigenvalue weighted by Gasteiger charge is -2.16. The van der Waals surface area contributed by atoms with E-state index in [2.05, 4.69) is 58.9 Å². The van der Waals surface area contributed by atoms with E-state index in [-0.39, 0.29) is 11.5 Å². The molecule has 0 aromatic heterocycles. The van der Waals surface area contributed by atoms with Crippen LogP contribution in [0.15, 0.2) is 46.6 Å². The minimum absolute atomic E-state index is 0.114. The minimum Gasteiger partial charge on any atom is -0.507 e. The van der Waals surface area contributed by atoms with Crippen molar-refractivity contribution in [2.24, 2.45) is 0 Å². The monoisotopic (exact) mass is 440 g/mol. The molecule has 1 rings (SSSR count). The largest absolute Gasteiger partial charge is 0.507 e. The number of rotatable bonds is 12. The van der Waals surface area contributed by atoms with Crippen LogP contribution >= 0.6 is 0 Å². The first-order valence-electron chi connectivity index (χ1n) is 11.8. The SMILES string of the molecule is COc1c(C)c(O)c(C/C=C(\C)CC/C=C(\C)CC/C=C(\C)CCC=C(C)C)c(C)c1O. The highest BCUT2D eigenvalue weighted by molar-refractivity contribution is 5.61. The number of ether oxygens (including phenoxy) is 1. The highest BCUT2D eigenvalue weighted by Crippen LogP contribution is 2.42. The average molecular weight is 441 g/mol. The molecule has 0 aliphatic heterocycles. The first-order valence-corrected chi connectivity index (χ1v) is 11.8. The van der Waals surface area contributed by atoms with Gasteiger partial charge in [0.1, 0.15) is 5.75 Å². The zero-order chi connectivity index (χ0) is 24.3. The van der Waals surface area contributed by atoms with Crippen molar-refractivity contribution in [1.82, 2.24) is 0 Å². The van der Waals surface area contributed by atoms with Gasteiger partial charge >= 0.3 is 0 Å². The molecule has 0 unspecified atom stereocenters. The molecule has 178 valence electrons. The van der Waals surface area contributed by atoms with Gasteiger partial charge in [0.2, 0.25) is 0 Å². The Hall–Kier alpha value is -2.42. The Balaban J connectivity index is 2.56. The van der Waals surface area contributed by atoms with Gasteiger partial charge in [-0.1, -0.05) is 46.6 Å². The van der Waals surface area contributed by atoms with E-state index in [1.165, 1.54) is 29.4 Å². The third-order valence-electron chi connectivity index (χ3n) is 6.02. The molecule has 0 atom stereocenters. The van der Waals surface area contributed by atoms with Crippen molar-refractivity contribution in [3.8, 4) is 17.2 Å². The molecular weight excluding hydrogens is 396 g/mol. The van der Waals surface area contributed by atoms with Gasteiger partial charge in [0, 0.05) is 16.7 Å². The van der Waals surface area contributed by atoms with Crippen LogP contribution < -0.4 is 4.74 Å². The molecule has 0 spiro atoms. The van der Waals surface area contributed by atoms with Gasteiger partial charge in [0.05, 0.1) is 7.11 Å². The van der Waals surface area contributed by atoms with Gasteiger partial charge in [-0.15, -0.1) is 0 Å². The van der Waals surface area contributed by atoms with Crippen molar-refractivity contribution in [2.75, 3.05) is 7.11 Å². The normalized spacial score (nSPS) is 12.8. The Morgan fingerprint density at radius 2 is 1.16 bits per heavy atom. The number of hydrogen-bond donors (Lipinski definition) is 2. The minimum atomic E-state index is 0.114. The summed E-state index contributed by atoms with van der Waals surface area (Å²) >= 11 is 0. The third kappa shape index (κ3) is 8.98. The fourth-order valence-corrected chi connectivity index (χ4v) is 3.77. The van der Waals surface area contributed by atoms with Crippen LogP contribution in [0.3, 0.4) is 0 Å². The molecular formula is C29H44O3. The lowest BCUT2D eigenvalue weighted by Crippen LogP contribution is -1.97. The Labute approximate surface area is 196 Å². The van der Waals surface area contributed by atoms with E-state index in [0.29, 0.717) is 23.3 Å². The van der Waals surface area contributed by atoms with Crippen LogP contribution in [-0.4, -0.2) is 17.3 Å². The summed E-state index contributed by atoms with van der Waals surface area (Å²) in [5, 5.41) is 20.9. The van der Waals surface area contributed by atoms with Crippen LogP contribution in [0.2, 0.25) is 0 Å². The van der Waals surface area contributed by atoms with Crippen LogP contribution in [-0.2, 0) is 6.42 Å². The molecule has 1 aromatic rings.